The highest BCUT2D eigenvalue weighted by Crippen LogP contribution is 2.28. The van der Waals surface area contributed by atoms with Gasteiger partial charge in [-0.3, -0.25) is 0 Å². The molecule has 0 amide bonds. The Bertz CT molecular complexity index is 259. The first-order chi connectivity index (χ1) is 6.05. The number of esters is 1. The molecule has 1 aliphatic rings. The summed E-state index contributed by atoms with van der Waals surface area (Å²) in [4.78, 5) is 11.3. The van der Waals surface area contributed by atoms with Gasteiger partial charge in [0.2, 0.25) is 0 Å². The molecule has 0 saturated heterocycles. The van der Waals surface area contributed by atoms with E-state index in [1.54, 1.807) is 0 Å². The molecule has 0 aliphatic heterocycles. The smallest absolute Gasteiger partial charge is 0.333 e. The van der Waals surface area contributed by atoms with E-state index in [0.29, 0.717) is 6.42 Å². The van der Waals surface area contributed by atoms with E-state index in [1.807, 2.05) is 12.2 Å². The summed E-state index contributed by atoms with van der Waals surface area (Å²) in [5.41, 5.74) is 0.831. The average molecular weight is 180 g/mol. The molecule has 2 nitrogen and oxygen atoms in total. The summed E-state index contributed by atoms with van der Waals surface area (Å²) < 4.78 is 4.70. The monoisotopic (exact) mass is 180 g/mol. The van der Waals surface area contributed by atoms with Gasteiger partial charge in [0.05, 0.1) is 7.11 Å². The first-order valence-corrected chi connectivity index (χ1v) is 4.50. The fraction of sp³-hybridized carbons (Fsp3) is 0.545. The minimum atomic E-state index is -0.209. The number of methoxy groups -OCH3 is 1. The van der Waals surface area contributed by atoms with Crippen LogP contribution in [0.25, 0.3) is 0 Å². The molecular weight excluding hydrogens is 164 g/mol. The zero-order chi connectivity index (χ0) is 9.90. The van der Waals surface area contributed by atoms with Crippen LogP contribution in [-0.2, 0) is 9.53 Å². The van der Waals surface area contributed by atoms with Gasteiger partial charge in [-0.15, -0.1) is 0 Å². The van der Waals surface area contributed by atoms with Crippen molar-refractivity contribution in [3.63, 3.8) is 0 Å². The number of ether oxygens (including phenoxy) is 1. The SMILES string of the molecule is COC(=O)C1=CC(C)(C)CC=CC1. The van der Waals surface area contributed by atoms with Crippen LogP contribution in [0.3, 0.4) is 0 Å². The third-order valence-corrected chi connectivity index (χ3v) is 2.16. The number of hydrogen-bond donors (Lipinski definition) is 0. The molecule has 0 saturated carbocycles. The number of hydrogen-bond acceptors (Lipinski definition) is 2. The van der Waals surface area contributed by atoms with E-state index in [2.05, 4.69) is 19.9 Å². The molecule has 0 aromatic carbocycles. The maximum absolute atomic E-state index is 11.3. The van der Waals surface area contributed by atoms with Gasteiger partial charge in [0.25, 0.3) is 0 Å². The van der Waals surface area contributed by atoms with E-state index < -0.39 is 0 Å². The summed E-state index contributed by atoms with van der Waals surface area (Å²) in [7, 11) is 1.42. The van der Waals surface area contributed by atoms with Crippen molar-refractivity contribution in [1.29, 1.82) is 0 Å². The van der Waals surface area contributed by atoms with Crippen LogP contribution in [0.2, 0.25) is 0 Å². The fourth-order valence-electron chi connectivity index (χ4n) is 1.46. The van der Waals surface area contributed by atoms with Crippen LogP contribution in [0.5, 0.6) is 0 Å². The van der Waals surface area contributed by atoms with Crippen LogP contribution < -0.4 is 0 Å². The van der Waals surface area contributed by atoms with Crippen molar-refractivity contribution >= 4 is 5.97 Å². The van der Waals surface area contributed by atoms with Gasteiger partial charge in [-0.25, -0.2) is 4.79 Å². The first kappa shape index (κ1) is 10.0. The summed E-state index contributed by atoms with van der Waals surface area (Å²) in [5, 5.41) is 0. The lowest BCUT2D eigenvalue weighted by Gasteiger charge is -2.17. The van der Waals surface area contributed by atoms with Crippen LogP contribution >= 0.6 is 0 Å². The Balaban J connectivity index is 2.89. The molecule has 1 aliphatic carbocycles. The molecule has 1 rings (SSSR count). The molecule has 72 valence electrons. The van der Waals surface area contributed by atoms with Crippen molar-refractivity contribution < 1.29 is 9.53 Å². The summed E-state index contributed by atoms with van der Waals surface area (Å²) in [6.07, 6.45) is 7.83. The molecule has 0 aromatic rings. The molecule has 2 heteroatoms. The Kier molecular flexibility index (Phi) is 2.91. The second-order valence-corrected chi connectivity index (χ2v) is 4.03. The highest BCUT2D eigenvalue weighted by atomic mass is 16.5. The maximum atomic E-state index is 11.3. The normalized spacial score (nSPS) is 20.4. The summed E-state index contributed by atoms with van der Waals surface area (Å²) in [5.74, 6) is -0.209. The van der Waals surface area contributed by atoms with Gasteiger partial charge in [-0.2, -0.15) is 0 Å². The Morgan fingerprint density at radius 3 is 2.77 bits per heavy atom. The van der Waals surface area contributed by atoms with Crippen LogP contribution in [0.4, 0.5) is 0 Å². The van der Waals surface area contributed by atoms with Crippen molar-refractivity contribution in [3.8, 4) is 0 Å². The van der Waals surface area contributed by atoms with E-state index in [4.69, 9.17) is 4.74 Å². The molecule has 0 N–H and O–H groups in total. The molecule has 0 spiro atoms. The van der Waals surface area contributed by atoms with Crippen LogP contribution in [0, 0.1) is 5.41 Å². The van der Waals surface area contributed by atoms with Gasteiger partial charge >= 0.3 is 5.97 Å². The predicted octanol–water partition coefficient (Wildman–Crippen LogP) is 2.46. The van der Waals surface area contributed by atoms with Gasteiger partial charge in [-0.1, -0.05) is 32.1 Å². The highest BCUT2D eigenvalue weighted by molar-refractivity contribution is 5.88. The van der Waals surface area contributed by atoms with Crippen LogP contribution in [0.15, 0.2) is 23.8 Å². The highest BCUT2D eigenvalue weighted by Gasteiger charge is 2.19. The summed E-state index contributed by atoms with van der Waals surface area (Å²) in [6.45, 7) is 4.23. The summed E-state index contributed by atoms with van der Waals surface area (Å²) in [6, 6.07) is 0. The number of carbonyl (C=O) groups excluding carboxylic acids is 1. The van der Waals surface area contributed by atoms with Crippen molar-refractivity contribution in [2.45, 2.75) is 26.7 Å². The standard InChI is InChI=1S/C11H16O2/c1-11(2)7-5-4-6-9(8-11)10(12)13-3/h4-5,8H,6-7H2,1-3H3. The molecule has 13 heavy (non-hydrogen) atoms. The molecule has 0 bridgehead atoms. The van der Waals surface area contributed by atoms with Gasteiger partial charge in [0, 0.05) is 5.57 Å². The molecule has 0 heterocycles. The van der Waals surface area contributed by atoms with Crippen LogP contribution in [0.1, 0.15) is 26.7 Å². The van der Waals surface area contributed by atoms with E-state index in [9.17, 15) is 4.79 Å². The lowest BCUT2D eigenvalue weighted by atomic mass is 9.88. The fourth-order valence-corrected chi connectivity index (χ4v) is 1.46. The topological polar surface area (TPSA) is 26.3 Å². The second-order valence-electron chi connectivity index (χ2n) is 4.03. The molecule has 0 radical (unpaired) electrons. The van der Waals surface area contributed by atoms with Gasteiger partial charge in [-0.05, 0) is 18.3 Å². The third-order valence-electron chi connectivity index (χ3n) is 2.16. The number of allylic oxidation sites excluding steroid dienone is 3. The Morgan fingerprint density at radius 2 is 2.15 bits per heavy atom. The molecule has 0 fully saturated rings. The summed E-state index contributed by atoms with van der Waals surface area (Å²) >= 11 is 0. The van der Waals surface area contributed by atoms with Gasteiger partial charge in [0.15, 0.2) is 0 Å². The largest absolute Gasteiger partial charge is 0.466 e. The van der Waals surface area contributed by atoms with E-state index >= 15 is 0 Å². The molecule has 0 atom stereocenters. The Labute approximate surface area is 79.3 Å². The Hall–Kier alpha value is -1.05. The zero-order valence-electron chi connectivity index (χ0n) is 8.46. The lowest BCUT2D eigenvalue weighted by molar-refractivity contribution is -0.136. The number of rotatable bonds is 1. The van der Waals surface area contributed by atoms with E-state index in [1.165, 1.54) is 7.11 Å². The first-order valence-electron chi connectivity index (χ1n) is 4.50. The van der Waals surface area contributed by atoms with Gasteiger partial charge in [0.1, 0.15) is 0 Å². The van der Waals surface area contributed by atoms with Crippen molar-refractivity contribution in [3.05, 3.63) is 23.8 Å². The van der Waals surface area contributed by atoms with Crippen molar-refractivity contribution in [1.82, 2.24) is 0 Å². The molecular formula is C11H16O2. The minimum absolute atomic E-state index is 0.0660. The quantitative estimate of drug-likeness (QED) is 0.457. The van der Waals surface area contributed by atoms with E-state index in [-0.39, 0.29) is 11.4 Å². The third kappa shape index (κ3) is 2.72. The van der Waals surface area contributed by atoms with E-state index in [0.717, 1.165) is 12.0 Å². The second kappa shape index (κ2) is 3.77. The maximum Gasteiger partial charge on any atom is 0.333 e. The minimum Gasteiger partial charge on any atom is -0.466 e. The van der Waals surface area contributed by atoms with Crippen molar-refractivity contribution in [2.24, 2.45) is 5.41 Å². The van der Waals surface area contributed by atoms with Crippen molar-refractivity contribution in [2.75, 3.05) is 7.11 Å². The average Bonchev–Trinajstić information content (AvgIpc) is 2.25. The Morgan fingerprint density at radius 1 is 1.46 bits per heavy atom. The predicted molar refractivity (Wildman–Crippen MR) is 52.3 cm³/mol. The lowest BCUT2D eigenvalue weighted by Crippen LogP contribution is -2.10. The van der Waals surface area contributed by atoms with Gasteiger partial charge < -0.3 is 4.74 Å². The molecule has 0 aromatic heterocycles. The zero-order valence-corrected chi connectivity index (χ0v) is 8.46. The number of carbonyl (C=O) groups is 1. The van der Waals surface area contributed by atoms with Crippen LogP contribution in [-0.4, -0.2) is 13.1 Å². The molecule has 0 unspecified atom stereocenters.